The summed E-state index contributed by atoms with van der Waals surface area (Å²) in [6.45, 7) is 0. The Morgan fingerprint density at radius 3 is 2.53 bits per heavy atom. The second kappa shape index (κ2) is 6.85. The molecule has 0 radical (unpaired) electrons. The van der Waals surface area contributed by atoms with Gasteiger partial charge in [0, 0.05) is 5.56 Å². The molecule has 106 valence electrons. The summed E-state index contributed by atoms with van der Waals surface area (Å²) in [5.74, 6) is 2.32. The van der Waals surface area contributed by atoms with Crippen LogP contribution < -0.4 is 9.47 Å². The van der Waals surface area contributed by atoms with Crippen LogP contribution in [0.5, 0.6) is 11.5 Å². The van der Waals surface area contributed by atoms with Crippen molar-refractivity contribution >= 4 is 27.5 Å². The molecule has 19 heavy (non-hydrogen) atoms. The van der Waals surface area contributed by atoms with Crippen LogP contribution in [-0.2, 0) is 0 Å². The Labute approximate surface area is 128 Å². The Balaban J connectivity index is 2.20. The molecule has 1 atom stereocenters. The number of halogens is 2. The topological polar surface area (TPSA) is 18.5 Å². The van der Waals surface area contributed by atoms with Crippen LogP contribution in [0.25, 0.3) is 0 Å². The lowest BCUT2D eigenvalue weighted by Crippen LogP contribution is -2.03. The van der Waals surface area contributed by atoms with E-state index < -0.39 is 0 Å². The van der Waals surface area contributed by atoms with Gasteiger partial charge in [0.2, 0.25) is 0 Å². The van der Waals surface area contributed by atoms with Gasteiger partial charge in [-0.2, -0.15) is 0 Å². The van der Waals surface area contributed by atoms with Gasteiger partial charge in [-0.3, -0.25) is 0 Å². The highest BCUT2D eigenvalue weighted by molar-refractivity contribution is 9.10. The smallest absolute Gasteiger partial charge is 0.141 e. The molecule has 2 nitrogen and oxygen atoms in total. The molecule has 1 aliphatic rings. The van der Waals surface area contributed by atoms with Crippen molar-refractivity contribution in [2.75, 3.05) is 14.2 Å². The average molecular weight is 348 g/mol. The second-order valence-corrected chi connectivity index (χ2v) is 6.38. The maximum absolute atomic E-state index is 6.60. The number of methoxy groups -OCH3 is 2. The lowest BCUT2D eigenvalue weighted by molar-refractivity contribution is 0.383. The molecule has 0 N–H and O–H groups in total. The van der Waals surface area contributed by atoms with Crippen LogP contribution in [0.2, 0.25) is 0 Å². The first-order chi connectivity index (χ1) is 9.17. The Hall–Kier alpha value is -0.410. The first kappa shape index (κ1) is 15.0. The van der Waals surface area contributed by atoms with Crippen molar-refractivity contribution < 1.29 is 9.47 Å². The zero-order valence-corrected chi connectivity index (χ0v) is 13.8. The molecule has 1 fully saturated rings. The van der Waals surface area contributed by atoms with Crippen molar-refractivity contribution in [1.82, 2.24) is 0 Å². The predicted molar refractivity (Wildman–Crippen MR) is 82.4 cm³/mol. The molecule has 4 heteroatoms. The molecule has 1 saturated carbocycles. The highest BCUT2D eigenvalue weighted by Gasteiger charge is 2.23. The van der Waals surface area contributed by atoms with E-state index in [1.807, 2.05) is 12.1 Å². The van der Waals surface area contributed by atoms with E-state index in [0.717, 1.165) is 33.9 Å². The molecule has 1 aliphatic carbocycles. The van der Waals surface area contributed by atoms with Gasteiger partial charge in [-0.05, 0) is 34.3 Å². The van der Waals surface area contributed by atoms with E-state index in [1.54, 1.807) is 14.2 Å². The highest BCUT2D eigenvalue weighted by atomic mass is 79.9. The maximum atomic E-state index is 6.60. The molecule has 1 aromatic rings. The van der Waals surface area contributed by atoms with Gasteiger partial charge in [0.05, 0.1) is 19.6 Å². The first-order valence-corrected chi connectivity index (χ1v) is 7.94. The molecule has 0 saturated heterocycles. The van der Waals surface area contributed by atoms with Crippen LogP contribution in [0, 0.1) is 5.92 Å². The summed E-state index contributed by atoms with van der Waals surface area (Å²) < 4.78 is 11.6. The number of hydrogen-bond donors (Lipinski definition) is 0. The highest BCUT2D eigenvalue weighted by Crippen LogP contribution is 2.44. The van der Waals surface area contributed by atoms with Crippen LogP contribution in [-0.4, -0.2) is 14.2 Å². The average Bonchev–Trinajstić information content (AvgIpc) is 2.91. The van der Waals surface area contributed by atoms with Crippen LogP contribution in [0.4, 0.5) is 0 Å². The molecule has 0 bridgehead atoms. The fraction of sp³-hybridized carbons (Fsp3) is 0.600. The van der Waals surface area contributed by atoms with Crippen molar-refractivity contribution in [3.05, 3.63) is 22.2 Å². The SMILES string of the molecule is COc1ccc(C(Cl)CC2CCCC2)c(OC)c1Br. The van der Waals surface area contributed by atoms with E-state index in [9.17, 15) is 0 Å². The molecule has 0 amide bonds. The lowest BCUT2D eigenvalue weighted by Gasteiger charge is -2.19. The van der Waals surface area contributed by atoms with Gasteiger partial charge in [-0.1, -0.05) is 31.7 Å². The van der Waals surface area contributed by atoms with E-state index in [0.29, 0.717) is 0 Å². The Kier molecular flexibility index (Phi) is 5.40. The summed E-state index contributed by atoms with van der Waals surface area (Å²) in [7, 11) is 3.32. The van der Waals surface area contributed by atoms with Crippen molar-refractivity contribution in [2.24, 2.45) is 5.92 Å². The van der Waals surface area contributed by atoms with E-state index in [4.69, 9.17) is 21.1 Å². The Bertz CT molecular complexity index is 430. The number of hydrogen-bond acceptors (Lipinski definition) is 2. The van der Waals surface area contributed by atoms with Crippen molar-refractivity contribution in [3.63, 3.8) is 0 Å². The minimum Gasteiger partial charge on any atom is -0.495 e. The predicted octanol–water partition coefficient (Wildman–Crippen LogP) is 5.33. The van der Waals surface area contributed by atoms with Gasteiger partial charge < -0.3 is 9.47 Å². The molecule has 0 aliphatic heterocycles. The summed E-state index contributed by atoms with van der Waals surface area (Å²) in [4.78, 5) is 0. The summed E-state index contributed by atoms with van der Waals surface area (Å²) in [5.41, 5.74) is 1.05. The van der Waals surface area contributed by atoms with Gasteiger partial charge in [0.1, 0.15) is 16.0 Å². The lowest BCUT2D eigenvalue weighted by atomic mass is 9.97. The van der Waals surface area contributed by atoms with E-state index in [2.05, 4.69) is 15.9 Å². The Morgan fingerprint density at radius 2 is 1.95 bits per heavy atom. The standard InChI is InChI=1S/C15H20BrClO2/c1-18-13-8-7-11(15(19-2)14(13)16)12(17)9-10-5-3-4-6-10/h7-8,10,12H,3-6,9H2,1-2H3. The molecule has 1 aromatic carbocycles. The molecule has 0 aromatic heterocycles. The normalized spacial score (nSPS) is 17.5. The zero-order chi connectivity index (χ0) is 13.8. The summed E-state index contributed by atoms with van der Waals surface area (Å²) in [6, 6.07) is 3.95. The van der Waals surface area contributed by atoms with Crippen LogP contribution in [0.15, 0.2) is 16.6 Å². The van der Waals surface area contributed by atoms with Crippen LogP contribution >= 0.6 is 27.5 Å². The summed E-state index contributed by atoms with van der Waals surface area (Å²) in [5, 5.41) is 0.000237. The second-order valence-electron chi connectivity index (χ2n) is 5.06. The van der Waals surface area contributed by atoms with E-state index >= 15 is 0 Å². The summed E-state index contributed by atoms with van der Waals surface area (Å²) >= 11 is 10.1. The first-order valence-electron chi connectivity index (χ1n) is 6.71. The molecule has 2 rings (SSSR count). The van der Waals surface area contributed by atoms with Crippen molar-refractivity contribution in [1.29, 1.82) is 0 Å². The summed E-state index contributed by atoms with van der Waals surface area (Å²) in [6.07, 6.45) is 6.33. The minimum atomic E-state index is 0.000237. The third-order valence-electron chi connectivity index (χ3n) is 3.87. The van der Waals surface area contributed by atoms with E-state index in [-0.39, 0.29) is 5.38 Å². The van der Waals surface area contributed by atoms with Crippen molar-refractivity contribution in [2.45, 2.75) is 37.5 Å². The molecular weight excluding hydrogens is 328 g/mol. The van der Waals surface area contributed by atoms with E-state index in [1.165, 1.54) is 25.7 Å². The monoisotopic (exact) mass is 346 g/mol. The maximum Gasteiger partial charge on any atom is 0.141 e. The number of benzene rings is 1. The quantitative estimate of drug-likeness (QED) is 0.671. The van der Waals surface area contributed by atoms with Gasteiger partial charge in [-0.15, -0.1) is 11.6 Å². The van der Waals surface area contributed by atoms with Crippen LogP contribution in [0.3, 0.4) is 0 Å². The van der Waals surface area contributed by atoms with Gasteiger partial charge in [0.15, 0.2) is 0 Å². The largest absolute Gasteiger partial charge is 0.495 e. The minimum absolute atomic E-state index is 0.000237. The van der Waals surface area contributed by atoms with Gasteiger partial charge in [0.25, 0.3) is 0 Å². The Morgan fingerprint density at radius 1 is 1.26 bits per heavy atom. The molecular formula is C15H20BrClO2. The van der Waals surface area contributed by atoms with Crippen LogP contribution in [0.1, 0.15) is 43.0 Å². The third kappa shape index (κ3) is 3.38. The van der Waals surface area contributed by atoms with Gasteiger partial charge in [-0.25, -0.2) is 0 Å². The number of rotatable bonds is 5. The third-order valence-corrected chi connectivity index (χ3v) is 5.03. The molecule has 0 heterocycles. The van der Waals surface area contributed by atoms with Crippen molar-refractivity contribution in [3.8, 4) is 11.5 Å². The molecule has 0 spiro atoms. The van der Waals surface area contributed by atoms with Gasteiger partial charge >= 0.3 is 0 Å². The number of ether oxygens (including phenoxy) is 2. The fourth-order valence-electron chi connectivity index (χ4n) is 2.83. The zero-order valence-electron chi connectivity index (χ0n) is 11.4. The number of alkyl halides is 1. The fourth-order valence-corrected chi connectivity index (χ4v) is 3.94. The molecule has 1 unspecified atom stereocenters.